The Morgan fingerprint density at radius 1 is 1.26 bits per heavy atom. The van der Waals surface area contributed by atoms with Crippen LogP contribution in [0.2, 0.25) is 5.15 Å². The van der Waals surface area contributed by atoms with E-state index < -0.39 is 0 Å². The highest BCUT2D eigenvalue weighted by Gasteiger charge is 2.20. The van der Waals surface area contributed by atoms with Gasteiger partial charge in [0.25, 0.3) is 0 Å². The van der Waals surface area contributed by atoms with Crippen molar-refractivity contribution in [3.8, 4) is 0 Å². The zero-order valence-electron chi connectivity index (χ0n) is 11.4. The summed E-state index contributed by atoms with van der Waals surface area (Å²) in [6.45, 7) is 6.44. The van der Waals surface area contributed by atoms with E-state index >= 15 is 0 Å². The number of alkyl halides is 1. The van der Waals surface area contributed by atoms with Crippen LogP contribution in [0.5, 0.6) is 0 Å². The Labute approximate surface area is 128 Å². The molecule has 4 nitrogen and oxygen atoms in total. The molecule has 1 aromatic rings. The minimum Gasteiger partial charge on any atom is -0.345 e. The molecule has 1 aliphatic rings. The van der Waals surface area contributed by atoms with Gasteiger partial charge in [-0.3, -0.25) is 4.90 Å². The monoisotopic (exact) mass is 322 g/mol. The number of halogens is 2. The zero-order valence-corrected chi connectivity index (χ0v) is 13.7. The second-order valence-electron chi connectivity index (χ2n) is 4.98. The second-order valence-corrected chi connectivity index (χ2v) is 6.66. The van der Waals surface area contributed by atoms with Gasteiger partial charge in [-0.25, -0.2) is 4.98 Å². The van der Waals surface area contributed by atoms with Crippen molar-refractivity contribution >= 4 is 39.7 Å². The first-order chi connectivity index (χ1) is 9.10. The highest BCUT2D eigenvalue weighted by molar-refractivity contribution is 7.16. The molecule has 0 radical (unpaired) electrons. The van der Waals surface area contributed by atoms with E-state index in [2.05, 4.69) is 33.8 Å². The average Bonchev–Trinajstić information content (AvgIpc) is 2.78. The standard InChI is InChI=1S/C12H20Cl2N4S/c1-16(2)3-4-17-5-7-18(8-6-17)12-15-11(14)10(9-13)19-12/h3-9H2,1-2H3. The fourth-order valence-electron chi connectivity index (χ4n) is 2.04. The molecule has 0 amide bonds. The normalized spacial score (nSPS) is 17.4. The predicted octanol–water partition coefficient (Wildman–Crippen LogP) is 2.22. The molecule has 1 saturated heterocycles. The van der Waals surface area contributed by atoms with E-state index in [9.17, 15) is 0 Å². The Kier molecular flexibility index (Phi) is 5.71. The first kappa shape index (κ1) is 15.3. The zero-order chi connectivity index (χ0) is 13.8. The minimum atomic E-state index is 0.444. The Morgan fingerprint density at radius 2 is 1.95 bits per heavy atom. The molecular formula is C12H20Cl2N4S. The van der Waals surface area contributed by atoms with Gasteiger partial charge < -0.3 is 9.80 Å². The number of aromatic nitrogens is 1. The fraction of sp³-hybridized carbons (Fsp3) is 0.750. The average molecular weight is 323 g/mol. The molecule has 2 heterocycles. The summed E-state index contributed by atoms with van der Waals surface area (Å²) in [6.07, 6.45) is 0. The molecule has 19 heavy (non-hydrogen) atoms. The van der Waals surface area contributed by atoms with Crippen LogP contribution in [0.4, 0.5) is 5.13 Å². The maximum Gasteiger partial charge on any atom is 0.187 e. The van der Waals surface area contributed by atoms with E-state index in [1.165, 1.54) is 0 Å². The highest BCUT2D eigenvalue weighted by atomic mass is 35.5. The molecule has 1 fully saturated rings. The topological polar surface area (TPSA) is 22.6 Å². The molecule has 0 aromatic carbocycles. The van der Waals surface area contributed by atoms with Crippen LogP contribution >= 0.6 is 34.5 Å². The summed E-state index contributed by atoms with van der Waals surface area (Å²) >= 11 is 13.5. The SMILES string of the molecule is CN(C)CCN1CCN(c2nc(Cl)c(CCl)s2)CC1. The number of hydrogen-bond acceptors (Lipinski definition) is 5. The molecule has 0 saturated carbocycles. The summed E-state index contributed by atoms with van der Waals surface area (Å²) in [5.74, 6) is 0.444. The second kappa shape index (κ2) is 7.09. The highest BCUT2D eigenvalue weighted by Crippen LogP contribution is 2.31. The van der Waals surface area contributed by atoms with Crippen molar-refractivity contribution in [2.24, 2.45) is 0 Å². The van der Waals surface area contributed by atoms with Gasteiger partial charge >= 0.3 is 0 Å². The van der Waals surface area contributed by atoms with E-state index in [0.717, 1.165) is 49.3 Å². The van der Waals surface area contributed by atoms with Gasteiger partial charge in [0, 0.05) is 39.3 Å². The Morgan fingerprint density at radius 3 is 2.47 bits per heavy atom. The molecular weight excluding hydrogens is 303 g/mol. The third kappa shape index (κ3) is 4.20. The van der Waals surface area contributed by atoms with E-state index in [0.29, 0.717) is 11.0 Å². The molecule has 108 valence electrons. The van der Waals surface area contributed by atoms with Gasteiger partial charge in [0.2, 0.25) is 0 Å². The lowest BCUT2D eigenvalue weighted by Crippen LogP contribution is -2.48. The number of piperazine rings is 1. The van der Waals surface area contributed by atoms with Crippen LogP contribution in [0.3, 0.4) is 0 Å². The maximum atomic E-state index is 6.05. The van der Waals surface area contributed by atoms with Crippen LogP contribution in [-0.2, 0) is 5.88 Å². The van der Waals surface area contributed by atoms with E-state index in [1.807, 2.05) is 0 Å². The first-order valence-electron chi connectivity index (χ1n) is 6.43. The molecule has 0 aliphatic carbocycles. The lowest BCUT2D eigenvalue weighted by Gasteiger charge is -2.35. The molecule has 0 N–H and O–H groups in total. The Balaban J connectivity index is 1.85. The van der Waals surface area contributed by atoms with Gasteiger partial charge in [-0.15, -0.1) is 11.6 Å². The summed E-state index contributed by atoms with van der Waals surface area (Å²) in [6, 6.07) is 0. The van der Waals surface area contributed by atoms with Crippen LogP contribution in [0.1, 0.15) is 4.88 Å². The first-order valence-corrected chi connectivity index (χ1v) is 8.16. The van der Waals surface area contributed by atoms with Crippen molar-refractivity contribution in [3.63, 3.8) is 0 Å². The number of hydrogen-bond donors (Lipinski definition) is 0. The van der Waals surface area contributed by atoms with Crippen molar-refractivity contribution in [1.29, 1.82) is 0 Å². The van der Waals surface area contributed by atoms with Gasteiger partial charge in [-0.1, -0.05) is 22.9 Å². The van der Waals surface area contributed by atoms with Crippen LogP contribution in [-0.4, -0.2) is 68.1 Å². The Bertz CT molecular complexity index is 402. The van der Waals surface area contributed by atoms with E-state index in [4.69, 9.17) is 23.2 Å². The van der Waals surface area contributed by atoms with Crippen molar-refractivity contribution in [2.45, 2.75) is 5.88 Å². The van der Waals surface area contributed by atoms with Crippen LogP contribution < -0.4 is 4.90 Å². The van der Waals surface area contributed by atoms with Gasteiger partial charge in [-0.05, 0) is 14.1 Å². The third-order valence-electron chi connectivity index (χ3n) is 3.27. The molecule has 1 aliphatic heterocycles. The molecule has 7 heteroatoms. The summed E-state index contributed by atoms with van der Waals surface area (Å²) in [5.41, 5.74) is 0. The van der Waals surface area contributed by atoms with Crippen LogP contribution in [0.15, 0.2) is 0 Å². The lowest BCUT2D eigenvalue weighted by atomic mass is 10.3. The number of rotatable bonds is 5. The smallest absolute Gasteiger partial charge is 0.187 e. The van der Waals surface area contributed by atoms with Crippen LogP contribution in [0, 0.1) is 0 Å². The van der Waals surface area contributed by atoms with Crippen molar-refractivity contribution in [1.82, 2.24) is 14.8 Å². The lowest BCUT2D eigenvalue weighted by molar-refractivity contribution is 0.229. The number of nitrogens with zero attached hydrogens (tertiary/aromatic N) is 4. The molecule has 0 bridgehead atoms. The van der Waals surface area contributed by atoms with Crippen LogP contribution in [0.25, 0.3) is 0 Å². The minimum absolute atomic E-state index is 0.444. The largest absolute Gasteiger partial charge is 0.345 e. The fourth-order valence-corrected chi connectivity index (χ4v) is 3.57. The quantitative estimate of drug-likeness (QED) is 0.775. The number of anilines is 1. The summed E-state index contributed by atoms with van der Waals surface area (Å²) < 4.78 is 0. The summed E-state index contributed by atoms with van der Waals surface area (Å²) in [4.78, 5) is 12.4. The molecule has 0 spiro atoms. The van der Waals surface area contributed by atoms with Crippen molar-refractivity contribution in [3.05, 3.63) is 10.0 Å². The van der Waals surface area contributed by atoms with Crippen molar-refractivity contribution < 1.29 is 0 Å². The van der Waals surface area contributed by atoms with Gasteiger partial charge in [-0.2, -0.15) is 0 Å². The summed E-state index contributed by atoms with van der Waals surface area (Å²) in [5, 5.41) is 1.57. The predicted molar refractivity (Wildman–Crippen MR) is 83.9 cm³/mol. The molecule has 1 aromatic heterocycles. The van der Waals surface area contributed by atoms with Crippen molar-refractivity contribution in [2.75, 3.05) is 58.3 Å². The molecule has 0 atom stereocenters. The van der Waals surface area contributed by atoms with Gasteiger partial charge in [0.05, 0.1) is 10.8 Å². The molecule has 2 rings (SSSR count). The molecule has 0 unspecified atom stereocenters. The van der Waals surface area contributed by atoms with E-state index in [-0.39, 0.29) is 0 Å². The third-order valence-corrected chi connectivity index (χ3v) is 5.23. The summed E-state index contributed by atoms with van der Waals surface area (Å²) in [7, 11) is 4.23. The Hall–Kier alpha value is -0.0700. The van der Waals surface area contributed by atoms with Gasteiger partial charge in [0.15, 0.2) is 5.13 Å². The van der Waals surface area contributed by atoms with Gasteiger partial charge in [0.1, 0.15) is 5.15 Å². The van der Waals surface area contributed by atoms with E-state index in [1.54, 1.807) is 11.3 Å². The maximum absolute atomic E-state index is 6.05. The number of thiazole rings is 1. The number of likely N-dealkylation sites (N-methyl/N-ethyl adjacent to an activating group) is 1.